The highest BCUT2D eigenvalue weighted by Crippen LogP contribution is 2.51. The molecule has 9 rings (SSSR count). The number of nitrogens with one attached hydrogen (secondary N) is 1. The summed E-state index contributed by atoms with van der Waals surface area (Å²) in [6.45, 7) is 3.26. The Morgan fingerprint density at radius 3 is 1.16 bits per heavy atom. The Labute approximate surface area is 359 Å². The fourth-order valence-electron chi connectivity index (χ4n) is 8.09. The second-order valence-corrected chi connectivity index (χ2v) is 20.9. The van der Waals surface area contributed by atoms with Crippen LogP contribution in [0.5, 0.6) is 0 Å². The SMILES string of the molecule is Cc1nn(-c2ccccc2)c(N=P(c2ccccc2)(c2ccccc2)c2ccccc2)c1CNCc1ccccc1N=P(c1ccccc1)(c1ccccc1)c1ccccc1. The summed E-state index contributed by atoms with van der Waals surface area (Å²) in [6, 6.07) is 83.8. The van der Waals surface area contributed by atoms with Gasteiger partial charge in [0.15, 0.2) is 5.82 Å². The molecule has 0 saturated heterocycles. The molecule has 0 fully saturated rings. The average molecular weight is 828 g/mol. The molecule has 0 saturated carbocycles. The summed E-state index contributed by atoms with van der Waals surface area (Å²) in [5, 5.41) is 16.3. The van der Waals surface area contributed by atoms with Crippen LogP contribution in [0.4, 0.5) is 11.5 Å². The first kappa shape index (κ1) is 39.8. The van der Waals surface area contributed by atoms with Crippen molar-refractivity contribution in [3.63, 3.8) is 0 Å². The molecule has 8 aromatic carbocycles. The quantitative estimate of drug-likeness (QED) is 0.118. The summed E-state index contributed by atoms with van der Waals surface area (Å²) in [6.07, 6.45) is 0. The Hall–Kier alpha value is -6.61. The highest BCUT2D eigenvalue weighted by molar-refractivity contribution is 7.88. The molecule has 9 aromatic rings. The fourth-order valence-corrected chi connectivity index (χ4v) is 15.2. The molecule has 61 heavy (non-hydrogen) atoms. The lowest BCUT2D eigenvalue weighted by atomic mass is 10.1. The van der Waals surface area contributed by atoms with E-state index in [1.165, 1.54) is 31.8 Å². The fraction of sp³-hybridized carbons (Fsp3) is 0.0556. The number of para-hydroxylation sites is 1. The van der Waals surface area contributed by atoms with Crippen LogP contribution in [-0.4, -0.2) is 9.78 Å². The third-order valence-corrected chi connectivity index (χ3v) is 18.3. The largest absolute Gasteiger partial charge is 0.308 e. The summed E-state index contributed by atoms with van der Waals surface area (Å²) in [5.74, 6) is 0.848. The third-order valence-electron chi connectivity index (χ3n) is 11.0. The summed E-state index contributed by atoms with van der Waals surface area (Å²) in [4.78, 5) is 0. The van der Waals surface area contributed by atoms with Crippen LogP contribution in [0, 0.1) is 6.92 Å². The Morgan fingerprint density at radius 1 is 0.410 bits per heavy atom. The van der Waals surface area contributed by atoms with Crippen molar-refractivity contribution in [2.24, 2.45) is 9.49 Å². The van der Waals surface area contributed by atoms with E-state index >= 15 is 0 Å². The van der Waals surface area contributed by atoms with Gasteiger partial charge in [0.1, 0.15) is 0 Å². The van der Waals surface area contributed by atoms with Gasteiger partial charge in [-0.3, -0.25) is 4.74 Å². The van der Waals surface area contributed by atoms with Gasteiger partial charge >= 0.3 is 0 Å². The van der Waals surface area contributed by atoms with E-state index in [9.17, 15) is 0 Å². The molecule has 1 N–H and O–H groups in total. The molecule has 1 aromatic heterocycles. The standard InChI is InChI=1S/C54H47N5P2/c1-43-52(42-55-41-44-25-23-24-40-53(44)57-60(46-28-11-3-12-29-46,47-30-13-4-14-31-47)48-32-15-5-16-33-48)54(59(56-43)45-26-9-2-10-27-45)58-61(49-34-17-6-18-35-49,50-36-19-7-20-37-50)51-38-21-8-22-39-51/h2-40,55H,41-42H2,1H3. The van der Waals surface area contributed by atoms with Crippen molar-refractivity contribution in [2.45, 2.75) is 20.0 Å². The van der Waals surface area contributed by atoms with Crippen LogP contribution >= 0.6 is 14.1 Å². The lowest BCUT2D eigenvalue weighted by molar-refractivity contribution is 0.692. The van der Waals surface area contributed by atoms with Crippen molar-refractivity contribution in [1.29, 1.82) is 0 Å². The van der Waals surface area contributed by atoms with Gasteiger partial charge in [0.2, 0.25) is 0 Å². The molecule has 0 spiro atoms. The molecule has 1 heterocycles. The number of hydrogen-bond acceptors (Lipinski definition) is 4. The molecule has 298 valence electrons. The average Bonchev–Trinajstić information content (AvgIpc) is 3.65. The van der Waals surface area contributed by atoms with E-state index < -0.39 is 14.1 Å². The van der Waals surface area contributed by atoms with Gasteiger partial charge in [-0.2, -0.15) is 5.10 Å². The zero-order chi connectivity index (χ0) is 41.3. The number of nitrogens with zero attached hydrogens (tertiary/aromatic N) is 4. The van der Waals surface area contributed by atoms with Gasteiger partial charge in [-0.05, 0) is 30.7 Å². The van der Waals surface area contributed by atoms with Gasteiger partial charge in [-0.1, -0.05) is 218 Å². The highest BCUT2D eigenvalue weighted by atomic mass is 31.2. The Bertz CT molecular complexity index is 2730. The second-order valence-electron chi connectivity index (χ2n) is 14.9. The number of benzene rings is 8. The van der Waals surface area contributed by atoms with Crippen LogP contribution in [0.2, 0.25) is 0 Å². The molecule has 0 unspecified atom stereocenters. The van der Waals surface area contributed by atoms with Crippen LogP contribution in [-0.2, 0) is 13.1 Å². The summed E-state index contributed by atoms with van der Waals surface area (Å²) in [5.41, 5.74) is 5.06. The first-order valence-corrected chi connectivity index (χ1v) is 24.2. The van der Waals surface area contributed by atoms with E-state index in [1.807, 2.05) is 10.7 Å². The lowest BCUT2D eigenvalue weighted by Gasteiger charge is -2.27. The summed E-state index contributed by atoms with van der Waals surface area (Å²) >= 11 is 0. The molecule has 0 aliphatic carbocycles. The molecule has 0 bridgehead atoms. The van der Waals surface area contributed by atoms with Gasteiger partial charge in [0, 0.05) is 50.5 Å². The van der Waals surface area contributed by atoms with Crippen LogP contribution < -0.4 is 37.1 Å². The molecule has 5 nitrogen and oxygen atoms in total. The van der Waals surface area contributed by atoms with E-state index in [1.54, 1.807) is 0 Å². The van der Waals surface area contributed by atoms with Crippen LogP contribution in [0.25, 0.3) is 5.69 Å². The third kappa shape index (κ3) is 8.04. The van der Waals surface area contributed by atoms with Crippen LogP contribution in [0.3, 0.4) is 0 Å². The minimum Gasteiger partial charge on any atom is -0.308 e. The van der Waals surface area contributed by atoms with Crippen molar-refractivity contribution in [2.75, 3.05) is 0 Å². The number of aryl methyl sites for hydroxylation is 1. The van der Waals surface area contributed by atoms with Gasteiger partial charge in [0.25, 0.3) is 0 Å². The van der Waals surface area contributed by atoms with Gasteiger partial charge < -0.3 is 5.32 Å². The van der Waals surface area contributed by atoms with Gasteiger partial charge in [-0.25, -0.2) is 9.43 Å². The molecular weight excluding hydrogens is 781 g/mol. The summed E-state index contributed by atoms with van der Waals surface area (Å²) < 4.78 is 14.0. The topological polar surface area (TPSA) is 54.6 Å². The number of rotatable bonds is 13. The van der Waals surface area contributed by atoms with E-state index in [2.05, 4.69) is 243 Å². The van der Waals surface area contributed by atoms with Crippen molar-refractivity contribution in [3.05, 3.63) is 253 Å². The number of hydrogen-bond donors (Lipinski definition) is 1. The molecule has 0 aliphatic heterocycles. The Kier molecular flexibility index (Phi) is 12.0. The van der Waals surface area contributed by atoms with Crippen molar-refractivity contribution < 1.29 is 0 Å². The number of aromatic nitrogens is 2. The smallest absolute Gasteiger partial charge is 0.160 e. The first-order chi connectivity index (χ1) is 30.2. The monoisotopic (exact) mass is 827 g/mol. The molecule has 0 amide bonds. The summed E-state index contributed by atoms with van der Waals surface area (Å²) in [7, 11) is -5.10. The highest BCUT2D eigenvalue weighted by Gasteiger charge is 2.31. The van der Waals surface area contributed by atoms with E-state index in [0.29, 0.717) is 13.1 Å². The lowest BCUT2D eigenvalue weighted by Crippen LogP contribution is -2.25. The molecule has 0 aliphatic rings. The van der Waals surface area contributed by atoms with Crippen molar-refractivity contribution >= 4 is 57.4 Å². The molecule has 0 atom stereocenters. The maximum Gasteiger partial charge on any atom is 0.160 e. The second kappa shape index (κ2) is 18.3. The van der Waals surface area contributed by atoms with Crippen molar-refractivity contribution in [3.8, 4) is 5.69 Å². The Balaban J connectivity index is 1.19. The molecular formula is C54H47N5P2. The maximum absolute atomic E-state index is 6.05. The minimum atomic E-state index is -2.62. The minimum absolute atomic E-state index is 0.556. The predicted octanol–water partition coefficient (Wildman–Crippen LogP) is 11.1. The van der Waals surface area contributed by atoms with E-state index in [4.69, 9.17) is 14.6 Å². The zero-order valence-corrected chi connectivity index (χ0v) is 35.9. The van der Waals surface area contributed by atoms with Crippen molar-refractivity contribution in [1.82, 2.24) is 15.1 Å². The zero-order valence-electron chi connectivity index (χ0n) is 34.1. The normalized spacial score (nSPS) is 11.6. The Morgan fingerprint density at radius 2 is 0.754 bits per heavy atom. The predicted molar refractivity (Wildman–Crippen MR) is 260 cm³/mol. The van der Waals surface area contributed by atoms with Gasteiger partial charge in [-0.15, -0.1) is 0 Å². The molecule has 7 heteroatoms. The maximum atomic E-state index is 6.05. The molecule has 0 radical (unpaired) electrons. The van der Waals surface area contributed by atoms with Gasteiger partial charge in [0.05, 0.1) is 31.2 Å². The van der Waals surface area contributed by atoms with E-state index in [0.717, 1.165) is 34.0 Å². The first-order valence-electron chi connectivity index (χ1n) is 20.7. The van der Waals surface area contributed by atoms with Crippen LogP contribution in [0.15, 0.2) is 246 Å². The van der Waals surface area contributed by atoms with E-state index in [-0.39, 0.29) is 0 Å². The van der Waals surface area contributed by atoms with Crippen LogP contribution in [0.1, 0.15) is 16.8 Å².